The van der Waals surface area contributed by atoms with E-state index >= 15 is 0 Å². The minimum absolute atomic E-state index is 0.170. The van der Waals surface area contributed by atoms with Gasteiger partial charge in [0, 0.05) is 28.2 Å². The number of hydrogen-bond acceptors (Lipinski definition) is 5. The molecule has 32 heavy (non-hydrogen) atoms. The summed E-state index contributed by atoms with van der Waals surface area (Å²) in [4.78, 5) is 23.9. The van der Waals surface area contributed by atoms with Gasteiger partial charge in [-0.15, -0.1) is 0 Å². The van der Waals surface area contributed by atoms with Crippen molar-refractivity contribution >= 4 is 34.4 Å². The SMILES string of the molecule is C=CCOC(=O)c1ccc2c(c1)c(C)c(C)n2Cc1cc(Cl)cc(O[C@H](C)C(=O)OC)c1. The molecule has 0 N–H and O–H groups in total. The Labute approximate surface area is 192 Å². The Bertz CT molecular complexity index is 1180. The van der Waals surface area contributed by atoms with Gasteiger partial charge in [0.25, 0.3) is 0 Å². The van der Waals surface area contributed by atoms with Crippen molar-refractivity contribution in [2.75, 3.05) is 13.7 Å². The molecule has 1 atom stereocenters. The number of carbonyl (C=O) groups excluding carboxylic acids is 2. The summed E-state index contributed by atoms with van der Waals surface area (Å²) in [5.74, 6) is -0.353. The largest absolute Gasteiger partial charge is 0.479 e. The van der Waals surface area contributed by atoms with Crippen molar-refractivity contribution in [1.82, 2.24) is 4.57 Å². The van der Waals surface area contributed by atoms with Crippen molar-refractivity contribution in [2.45, 2.75) is 33.4 Å². The van der Waals surface area contributed by atoms with Gasteiger partial charge in [-0.2, -0.15) is 0 Å². The van der Waals surface area contributed by atoms with E-state index in [0.717, 1.165) is 27.7 Å². The molecule has 0 saturated carbocycles. The summed E-state index contributed by atoms with van der Waals surface area (Å²) < 4.78 is 17.7. The van der Waals surface area contributed by atoms with Crippen LogP contribution in [0.3, 0.4) is 0 Å². The van der Waals surface area contributed by atoms with Crippen molar-refractivity contribution in [3.8, 4) is 5.75 Å². The molecular weight excluding hydrogens is 430 g/mol. The Morgan fingerprint density at radius 1 is 1.19 bits per heavy atom. The number of aryl methyl sites for hydroxylation is 1. The van der Waals surface area contributed by atoms with Crippen LogP contribution < -0.4 is 4.74 Å². The zero-order valence-corrected chi connectivity index (χ0v) is 19.4. The third-order valence-corrected chi connectivity index (χ3v) is 5.54. The molecule has 0 aliphatic heterocycles. The summed E-state index contributed by atoms with van der Waals surface area (Å²) in [6, 6.07) is 10.9. The zero-order chi connectivity index (χ0) is 23.4. The molecule has 1 heterocycles. The fourth-order valence-electron chi connectivity index (χ4n) is 3.58. The lowest BCUT2D eigenvalue weighted by atomic mass is 10.1. The Balaban J connectivity index is 1.93. The van der Waals surface area contributed by atoms with Crippen molar-refractivity contribution in [3.63, 3.8) is 0 Å². The van der Waals surface area contributed by atoms with Crippen molar-refractivity contribution in [2.24, 2.45) is 0 Å². The maximum atomic E-state index is 12.2. The lowest BCUT2D eigenvalue weighted by Gasteiger charge is -2.15. The number of hydrogen-bond donors (Lipinski definition) is 0. The summed E-state index contributed by atoms with van der Waals surface area (Å²) in [7, 11) is 1.32. The van der Waals surface area contributed by atoms with Gasteiger partial charge in [-0.1, -0.05) is 24.3 Å². The van der Waals surface area contributed by atoms with Crippen molar-refractivity contribution < 1.29 is 23.8 Å². The molecule has 0 aliphatic carbocycles. The molecule has 0 aliphatic rings. The third kappa shape index (κ3) is 4.97. The molecule has 0 fully saturated rings. The predicted octanol–water partition coefficient (Wildman–Crippen LogP) is 5.24. The van der Waals surface area contributed by atoms with Gasteiger partial charge in [0.1, 0.15) is 12.4 Å². The number of nitrogens with zero attached hydrogens (tertiary/aromatic N) is 1. The standard InChI is InChI=1S/C25H26ClNO5/c1-6-9-31-25(29)19-7-8-23-22(12-19)15(2)16(3)27(23)14-18-10-20(26)13-21(11-18)32-17(4)24(28)30-5/h6-8,10-13,17H,1,9,14H2,2-5H3/t17-/m1/s1. The quantitative estimate of drug-likeness (QED) is 0.343. The highest BCUT2D eigenvalue weighted by Gasteiger charge is 2.17. The first-order valence-electron chi connectivity index (χ1n) is 10.2. The molecule has 0 radical (unpaired) electrons. The lowest BCUT2D eigenvalue weighted by molar-refractivity contribution is -0.147. The molecule has 3 rings (SSSR count). The Morgan fingerprint density at radius 3 is 2.62 bits per heavy atom. The molecule has 7 heteroatoms. The van der Waals surface area contributed by atoms with Gasteiger partial charge in [-0.25, -0.2) is 9.59 Å². The zero-order valence-electron chi connectivity index (χ0n) is 18.6. The Kier molecular flexibility index (Phi) is 7.26. The Hall–Kier alpha value is -3.25. The van der Waals surface area contributed by atoms with Gasteiger partial charge in [0.2, 0.25) is 0 Å². The van der Waals surface area contributed by atoms with Crippen LogP contribution >= 0.6 is 11.6 Å². The van der Waals surface area contributed by atoms with Crippen LogP contribution in [0.5, 0.6) is 5.75 Å². The highest BCUT2D eigenvalue weighted by atomic mass is 35.5. The van der Waals surface area contributed by atoms with Crippen molar-refractivity contribution in [1.29, 1.82) is 0 Å². The highest BCUT2D eigenvalue weighted by molar-refractivity contribution is 6.30. The van der Waals surface area contributed by atoms with E-state index < -0.39 is 12.1 Å². The molecule has 2 aromatic carbocycles. The minimum Gasteiger partial charge on any atom is -0.479 e. The molecular formula is C25H26ClNO5. The maximum absolute atomic E-state index is 12.2. The van der Waals surface area contributed by atoms with E-state index in [-0.39, 0.29) is 12.6 Å². The van der Waals surface area contributed by atoms with E-state index in [9.17, 15) is 9.59 Å². The molecule has 1 aromatic heterocycles. The first-order chi connectivity index (χ1) is 15.2. The van der Waals surface area contributed by atoms with Crippen molar-refractivity contribution in [3.05, 3.63) is 76.5 Å². The van der Waals surface area contributed by atoms with Crippen LogP contribution in [0.4, 0.5) is 0 Å². The molecule has 168 valence electrons. The van der Waals surface area contributed by atoms with Crippen LogP contribution in [-0.2, 0) is 20.8 Å². The number of benzene rings is 2. The molecule has 0 spiro atoms. The maximum Gasteiger partial charge on any atom is 0.346 e. The average Bonchev–Trinajstić information content (AvgIpc) is 3.00. The van der Waals surface area contributed by atoms with Crippen LogP contribution in [0.25, 0.3) is 10.9 Å². The third-order valence-electron chi connectivity index (χ3n) is 5.32. The van der Waals surface area contributed by atoms with Crippen LogP contribution in [0, 0.1) is 13.8 Å². The smallest absolute Gasteiger partial charge is 0.346 e. The number of esters is 2. The second-order valence-corrected chi connectivity index (χ2v) is 7.93. The van der Waals surface area contributed by atoms with Gasteiger partial charge in [0.15, 0.2) is 6.10 Å². The summed E-state index contributed by atoms with van der Waals surface area (Å²) in [6.07, 6.45) is 0.791. The van der Waals surface area contributed by atoms with E-state index in [1.54, 1.807) is 19.1 Å². The van der Waals surface area contributed by atoms with Crippen LogP contribution in [0.15, 0.2) is 49.1 Å². The molecule has 0 unspecified atom stereocenters. The predicted molar refractivity (Wildman–Crippen MR) is 125 cm³/mol. The average molecular weight is 456 g/mol. The van der Waals surface area contributed by atoms with E-state index in [4.69, 9.17) is 25.8 Å². The number of rotatable bonds is 8. The van der Waals surface area contributed by atoms with E-state index in [1.807, 2.05) is 38.1 Å². The normalized spacial score (nSPS) is 11.8. The minimum atomic E-state index is -0.748. The first kappa shape index (κ1) is 23.4. The Morgan fingerprint density at radius 2 is 1.94 bits per heavy atom. The molecule has 3 aromatic rings. The number of carbonyl (C=O) groups is 2. The van der Waals surface area contributed by atoms with E-state index in [2.05, 4.69) is 11.1 Å². The summed E-state index contributed by atoms with van der Waals surface area (Å²) in [5.41, 5.74) is 4.55. The highest BCUT2D eigenvalue weighted by Crippen LogP contribution is 2.29. The van der Waals surface area contributed by atoms with Gasteiger partial charge in [0.05, 0.1) is 12.7 Å². The summed E-state index contributed by atoms with van der Waals surface area (Å²) in [5, 5.41) is 1.49. The number of ether oxygens (including phenoxy) is 3. The lowest BCUT2D eigenvalue weighted by Crippen LogP contribution is -2.24. The second kappa shape index (κ2) is 9.92. The molecule has 0 bridgehead atoms. The van der Waals surface area contributed by atoms with Crippen LogP contribution in [0.2, 0.25) is 5.02 Å². The second-order valence-electron chi connectivity index (χ2n) is 7.49. The first-order valence-corrected chi connectivity index (χ1v) is 10.5. The summed E-state index contributed by atoms with van der Waals surface area (Å²) >= 11 is 6.31. The number of aromatic nitrogens is 1. The van der Waals surface area contributed by atoms with Gasteiger partial charge < -0.3 is 18.8 Å². The van der Waals surface area contributed by atoms with E-state index in [0.29, 0.717) is 22.9 Å². The topological polar surface area (TPSA) is 66.8 Å². The fraction of sp³-hybridized carbons (Fsp3) is 0.280. The fourth-order valence-corrected chi connectivity index (χ4v) is 3.83. The van der Waals surface area contributed by atoms with Gasteiger partial charge in [-0.3, -0.25) is 0 Å². The molecule has 0 amide bonds. The number of halogens is 1. The summed E-state index contributed by atoms with van der Waals surface area (Å²) in [6.45, 7) is 9.96. The van der Waals surface area contributed by atoms with Gasteiger partial charge in [-0.05, 0) is 68.3 Å². The monoisotopic (exact) mass is 455 g/mol. The van der Waals surface area contributed by atoms with Crippen LogP contribution in [-0.4, -0.2) is 36.3 Å². The number of methoxy groups -OCH3 is 1. The molecule has 0 saturated heterocycles. The number of fused-ring (bicyclic) bond motifs is 1. The van der Waals surface area contributed by atoms with E-state index in [1.165, 1.54) is 13.2 Å². The molecule has 6 nitrogen and oxygen atoms in total. The van der Waals surface area contributed by atoms with Gasteiger partial charge >= 0.3 is 11.9 Å². The van der Waals surface area contributed by atoms with Crippen LogP contribution in [0.1, 0.15) is 34.1 Å².